The third-order valence-corrected chi connectivity index (χ3v) is 7.67. The van der Waals surface area contributed by atoms with Crippen LogP contribution in [0.4, 0.5) is 4.79 Å². The van der Waals surface area contributed by atoms with Gasteiger partial charge in [-0.15, -0.1) is 0 Å². The van der Waals surface area contributed by atoms with E-state index >= 15 is 0 Å². The van der Waals surface area contributed by atoms with Gasteiger partial charge in [0.05, 0.1) is 12.6 Å². The molecule has 1 fully saturated rings. The summed E-state index contributed by atoms with van der Waals surface area (Å²) in [6.07, 6.45) is 0.606. The van der Waals surface area contributed by atoms with Gasteiger partial charge in [-0.2, -0.15) is 0 Å². The van der Waals surface area contributed by atoms with Gasteiger partial charge in [0.15, 0.2) is 0 Å². The molecule has 1 aliphatic heterocycles. The average Bonchev–Trinajstić information content (AvgIpc) is 3.02. The first kappa shape index (κ1) is 32.6. The fraction of sp³-hybridized carbons (Fsp3) is 0.294. The Morgan fingerprint density at radius 3 is 2.36 bits per heavy atom. The lowest BCUT2D eigenvalue weighted by molar-refractivity contribution is -0.132. The number of nitrogens with zero attached hydrogens (tertiary/aromatic N) is 3. The monoisotopic (exact) mass is 616 g/mol. The topological polar surface area (TPSA) is 120 Å². The number of amides is 1. The Bertz CT molecular complexity index is 1510. The Morgan fingerprint density at radius 2 is 1.70 bits per heavy atom. The number of benzene rings is 3. The first-order chi connectivity index (χ1) is 21.2. The molecule has 230 valence electrons. The molecule has 1 heterocycles. The van der Waals surface area contributed by atoms with Crippen LogP contribution < -0.4 is 10.6 Å². The van der Waals surface area contributed by atoms with Crippen LogP contribution in [0.5, 0.6) is 5.75 Å². The molecule has 0 aromatic heterocycles. The average molecular weight is 617 g/mol. The summed E-state index contributed by atoms with van der Waals surface area (Å²) in [4.78, 5) is 27.2. The maximum atomic E-state index is 11.5. The van der Waals surface area contributed by atoms with Gasteiger partial charge in [-0.1, -0.05) is 65.9 Å². The van der Waals surface area contributed by atoms with Crippen molar-refractivity contribution in [3.63, 3.8) is 0 Å². The number of rotatable bonds is 11. The van der Waals surface area contributed by atoms with Crippen LogP contribution in [0.1, 0.15) is 41.6 Å². The summed E-state index contributed by atoms with van der Waals surface area (Å²) in [6, 6.07) is 24.1. The van der Waals surface area contributed by atoms with E-state index < -0.39 is 12.1 Å². The number of nitrogens with two attached hydrogens (primary N) is 1. The smallest absolute Gasteiger partial charge is 0.421 e. The molecule has 1 aliphatic rings. The standard InChI is InChI=1S/C34H37ClN4O5/c1-25(33(40)41)23-29-24-26(7-5-6-16-39(36)34(42)43)10-15-31(29)44-22-21-37-17-19-38(20-18-37)32(27-8-3-2-4-9-27)28-11-13-30(35)14-12-28/h2-4,8-15,23-24,32H,6,16-22,36H2,1H3,(H,40,41)(H,42,43)/t32-/m1/s1. The number of ether oxygens (including phenoxy) is 1. The highest BCUT2D eigenvalue weighted by molar-refractivity contribution is 6.30. The molecule has 0 aliphatic carbocycles. The van der Waals surface area contributed by atoms with Crippen LogP contribution in [0.3, 0.4) is 0 Å². The van der Waals surface area contributed by atoms with E-state index in [9.17, 15) is 14.7 Å². The third kappa shape index (κ3) is 9.33. The first-order valence-corrected chi connectivity index (χ1v) is 14.8. The Kier molecular flexibility index (Phi) is 11.8. The van der Waals surface area contributed by atoms with Gasteiger partial charge in [0, 0.05) is 60.9 Å². The van der Waals surface area contributed by atoms with Gasteiger partial charge in [-0.3, -0.25) is 9.80 Å². The van der Waals surface area contributed by atoms with Crippen LogP contribution in [0.15, 0.2) is 78.4 Å². The number of carbonyl (C=O) groups is 2. The van der Waals surface area contributed by atoms with Crippen LogP contribution in [-0.2, 0) is 4.79 Å². The molecule has 9 nitrogen and oxygen atoms in total. The number of hydrogen-bond acceptors (Lipinski definition) is 6. The predicted molar refractivity (Wildman–Crippen MR) is 171 cm³/mol. The Hall–Kier alpha value is -4.33. The highest BCUT2D eigenvalue weighted by atomic mass is 35.5. The number of hydrazine groups is 1. The lowest BCUT2D eigenvalue weighted by Gasteiger charge is -2.39. The molecule has 0 bridgehead atoms. The minimum Gasteiger partial charge on any atom is -0.492 e. The molecule has 10 heteroatoms. The summed E-state index contributed by atoms with van der Waals surface area (Å²) < 4.78 is 6.14. The summed E-state index contributed by atoms with van der Waals surface area (Å²) >= 11 is 6.17. The van der Waals surface area contributed by atoms with E-state index in [1.165, 1.54) is 18.1 Å². The molecule has 1 saturated heterocycles. The lowest BCUT2D eigenvalue weighted by atomic mass is 9.96. The van der Waals surface area contributed by atoms with Crippen molar-refractivity contribution in [2.45, 2.75) is 19.4 Å². The largest absolute Gasteiger partial charge is 0.492 e. The normalized spacial score (nSPS) is 14.8. The Balaban J connectivity index is 1.37. The highest BCUT2D eigenvalue weighted by Crippen LogP contribution is 2.30. The van der Waals surface area contributed by atoms with E-state index in [1.807, 2.05) is 18.2 Å². The van der Waals surface area contributed by atoms with Gasteiger partial charge in [0.25, 0.3) is 0 Å². The van der Waals surface area contributed by atoms with E-state index in [4.69, 9.17) is 27.3 Å². The fourth-order valence-electron chi connectivity index (χ4n) is 5.03. The Morgan fingerprint density at radius 1 is 1.02 bits per heavy atom. The van der Waals surface area contributed by atoms with Crippen LogP contribution >= 0.6 is 11.6 Å². The van der Waals surface area contributed by atoms with Crippen molar-refractivity contribution in [3.8, 4) is 17.6 Å². The van der Waals surface area contributed by atoms with E-state index in [-0.39, 0.29) is 24.6 Å². The van der Waals surface area contributed by atoms with Crippen molar-refractivity contribution in [1.82, 2.24) is 14.8 Å². The highest BCUT2D eigenvalue weighted by Gasteiger charge is 2.26. The van der Waals surface area contributed by atoms with Crippen molar-refractivity contribution in [2.75, 3.05) is 45.9 Å². The molecule has 4 N–H and O–H groups in total. The second-order valence-corrected chi connectivity index (χ2v) is 10.9. The van der Waals surface area contributed by atoms with Gasteiger partial charge < -0.3 is 14.9 Å². The van der Waals surface area contributed by atoms with E-state index in [0.717, 1.165) is 37.7 Å². The number of aliphatic carboxylic acids is 1. The SMILES string of the molecule is CC(=Cc1cc(C#CCCN(N)C(=O)O)ccc1OCCN1CCN([C@H](c2ccccc2)c2ccc(Cl)cc2)CC1)C(=O)O. The van der Waals surface area contributed by atoms with Gasteiger partial charge in [-0.05, 0) is 54.5 Å². The molecule has 1 amide bonds. The molecule has 3 aromatic carbocycles. The second-order valence-electron chi connectivity index (χ2n) is 10.5. The zero-order valence-electron chi connectivity index (χ0n) is 24.7. The fourth-order valence-corrected chi connectivity index (χ4v) is 5.15. The molecule has 4 rings (SSSR count). The Labute approximate surface area is 263 Å². The summed E-state index contributed by atoms with van der Waals surface area (Å²) in [5.41, 5.74) is 3.90. The predicted octanol–water partition coefficient (Wildman–Crippen LogP) is 5.21. The number of hydrogen-bond donors (Lipinski definition) is 3. The summed E-state index contributed by atoms with van der Waals surface area (Å²) in [6.45, 7) is 6.36. The van der Waals surface area contributed by atoms with Crippen LogP contribution in [0.25, 0.3) is 6.08 Å². The van der Waals surface area contributed by atoms with Gasteiger partial charge in [0.1, 0.15) is 12.4 Å². The van der Waals surface area contributed by atoms with Gasteiger partial charge >= 0.3 is 12.1 Å². The number of halogens is 1. The number of carboxylic acid groups (broad SMARTS) is 2. The first-order valence-electron chi connectivity index (χ1n) is 14.4. The zero-order valence-corrected chi connectivity index (χ0v) is 25.4. The zero-order chi connectivity index (χ0) is 31.5. The van der Waals surface area contributed by atoms with Crippen molar-refractivity contribution in [2.24, 2.45) is 5.84 Å². The van der Waals surface area contributed by atoms with Crippen LogP contribution in [-0.4, -0.2) is 83.0 Å². The molecule has 3 aromatic rings. The second kappa shape index (κ2) is 15.9. The molecule has 0 unspecified atom stereocenters. The number of carboxylic acids is 1. The minimum absolute atomic E-state index is 0.0801. The van der Waals surface area contributed by atoms with Crippen molar-refractivity contribution in [1.29, 1.82) is 0 Å². The molecule has 44 heavy (non-hydrogen) atoms. The van der Waals surface area contributed by atoms with E-state index in [2.05, 4.69) is 58.0 Å². The summed E-state index contributed by atoms with van der Waals surface area (Å²) in [7, 11) is 0. The van der Waals surface area contributed by atoms with Crippen LogP contribution in [0.2, 0.25) is 5.02 Å². The molecule has 0 saturated carbocycles. The third-order valence-electron chi connectivity index (χ3n) is 7.41. The van der Waals surface area contributed by atoms with Crippen molar-refractivity contribution < 1.29 is 24.5 Å². The van der Waals surface area contributed by atoms with E-state index in [1.54, 1.807) is 24.3 Å². The molecular formula is C34H37ClN4O5. The molecule has 0 radical (unpaired) electrons. The van der Waals surface area contributed by atoms with E-state index in [0.29, 0.717) is 28.5 Å². The maximum Gasteiger partial charge on any atom is 0.421 e. The molecule has 1 atom stereocenters. The quantitative estimate of drug-likeness (QED) is 0.0883. The van der Waals surface area contributed by atoms with Gasteiger partial charge in [-0.25, -0.2) is 20.4 Å². The van der Waals surface area contributed by atoms with Crippen molar-refractivity contribution in [3.05, 3.63) is 106 Å². The molecule has 0 spiro atoms. The summed E-state index contributed by atoms with van der Waals surface area (Å²) in [5.74, 6) is 10.8. The molecular weight excluding hydrogens is 580 g/mol. The van der Waals surface area contributed by atoms with Crippen LogP contribution in [0, 0.1) is 11.8 Å². The lowest BCUT2D eigenvalue weighted by Crippen LogP contribution is -2.48. The number of piperazine rings is 1. The van der Waals surface area contributed by atoms with Crippen molar-refractivity contribution >= 4 is 29.7 Å². The maximum absolute atomic E-state index is 11.5. The summed E-state index contributed by atoms with van der Waals surface area (Å²) in [5, 5.41) is 19.7. The minimum atomic E-state index is -1.22. The van der Waals surface area contributed by atoms with Gasteiger partial charge in [0.2, 0.25) is 0 Å².